The molecule has 0 aliphatic heterocycles. The van der Waals surface area contributed by atoms with Crippen molar-refractivity contribution >= 4 is 10.0 Å². The van der Waals surface area contributed by atoms with E-state index in [1.54, 1.807) is 13.8 Å². The average Bonchev–Trinajstić information content (AvgIpc) is 3.18. The van der Waals surface area contributed by atoms with Crippen LogP contribution in [-0.2, 0) is 23.0 Å². The molecule has 0 aliphatic rings. The van der Waals surface area contributed by atoms with E-state index in [1.165, 1.54) is 6.07 Å². The SMILES string of the molecule is CCc1nnc(-c2[nH]c(C)c(S(=O)(=O)NCc3ccc(F)cc3F)c2C)o1. The molecule has 0 bridgehead atoms. The fourth-order valence-corrected chi connectivity index (χ4v) is 4.21. The summed E-state index contributed by atoms with van der Waals surface area (Å²) in [5.74, 6) is -0.921. The first-order valence-corrected chi connectivity index (χ1v) is 9.66. The summed E-state index contributed by atoms with van der Waals surface area (Å²) in [5.41, 5.74) is 1.24. The molecule has 27 heavy (non-hydrogen) atoms. The van der Waals surface area contributed by atoms with Crippen molar-refractivity contribution in [3.05, 3.63) is 52.5 Å². The standard InChI is InChI=1S/C17H18F2N4O3S/c1-4-14-22-23-17(26-14)15-9(2)16(10(3)21-15)27(24,25)20-8-11-5-6-12(18)7-13(11)19/h5-7,20-21H,4,8H2,1-3H3. The van der Waals surface area contributed by atoms with Crippen molar-refractivity contribution in [2.75, 3.05) is 0 Å². The molecule has 1 aromatic carbocycles. The Bertz CT molecular complexity index is 1090. The summed E-state index contributed by atoms with van der Waals surface area (Å²) >= 11 is 0. The van der Waals surface area contributed by atoms with Gasteiger partial charge in [0.1, 0.15) is 22.2 Å². The third kappa shape index (κ3) is 3.76. The Morgan fingerprint density at radius 1 is 1.22 bits per heavy atom. The summed E-state index contributed by atoms with van der Waals surface area (Å²) in [7, 11) is -3.96. The number of aromatic nitrogens is 3. The number of halogens is 2. The summed E-state index contributed by atoms with van der Waals surface area (Å²) in [6.07, 6.45) is 0.557. The molecule has 0 aliphatic carbocycles. The maximum atomic E-state index is 13.7. The number of benzene rings is 1. The van der Waals surface area contributed by atoms with Crippen LogP contribution in [0.5, 0.6) is 0 Å². The number of rotatable bonds is 6. The van der Waals surface area contributed by atoms with E-state index in [1.807, 2.05) is 6.92 Å². The van der Waals surface area contributed by atoms with Gasteiger partial charge in [0, 0.05) is 30.3 Å². The van der Waals surface area contributed by atoms with E-state index < -0.39 is 21.7 Å². The molecule has 0 unspecified atom stereocenters. The van der Waals surface area contributed by atoms with E-state index in [-0.39, 0.29) is 22.9 Å². The van der Waals surface area contributed by atoms with Crippen LogP contribution in [0.1, 0.15) is 29.6 Å². The van der Waals surface area contributed by atoms with Crippen LogP contribution in [0.25, 0.3) is 11.6 Å². The van der Waals surface area contributed by atoms with E-state index in [4.69, 9.17) is 4.42 Å². The van der Waals surface area contributed by atoms with Crippen LogP contribution in [0.4, 0.5) is 8.78 Å². The number of aryl methyl sites for hydroxylation is 2. The molecule has 144 valence electrons. The maximum absolute atomic E-state index is 13.7. The molecule has 2 aromatic heterocycles. The van der Waals surface area contributed by atoms with E-state index in [2.05, 4.69) is 19.9 Å². The Morgan fingerprint density at radius 2 is 1.96 bits per heavy atom. The average molecular weight is 396 g/mol. The van der Waals surface area contributed by atoms with Gasteiger partial charge in [-0.1, -0.05) is 13.0 Å². The smallest absolute Gasteiger partial charge is 0.264 e. The van der Waals surface area contributed by atoms with Crippen molar-refractivity contribution in [3.8, 4) is 11.6 Å². The van der Waals surface area contributed by atoms with Gasteiger partial charge in [0.2, 0.25) is 15.9 Å². The van der Waals surface area contributed by atoms with Crippen LogP contribution in [0.2, 0.25) is 0 Å². The minimum atomic E-state index is -3.96. The third-order valence-corrected chi connectivity index (χ3v) is 5.76. The van der Waals surface area contributed by atoms with Crippen molar-refractivity contribution in [2.45, 2.75) is 38.6 Å². The van der Waals surface area contributed by atoms with Crippen molar-refractivity contribution in [2.24, 2.45) is 0 Å². The lowest BCUT2D eigenvalue weighted by molar-refractivity contribution is 0.511. The summed E-state index contributed by atoms with van der Waals surface area (Å²) < 4.78 is 60.0. The zero-order valence-corrected chi connectivity index (χ0v) is 15.7. The molecule has 7 nitrogen and oxygen atoms in total. The minimum absolute atomic E-state index is 0.0243. The van der Waals surface area contributed by atoms with Crippen LogP contribution >= 0.6 is 0 Å². The van der Waals surface area contributed by atoms with Crippen LogP contribution in [0.3, 0.4) is 0 Å². The summed E-state index contributed by atoms with van der Waals surface area (Å²) in [4.78, 5) is 2.98. The summed E-state index contributed by atoms with van der Waals surface area (Å²) in [6.45, 7) is 4.76. The first kappa shape index (κ1) is 19.2. The Hall–Kier alpha value is -2.59. The normalized spacial score (nSPS) is 11.9. The predicted molar refractivity (Wildman–Crippen MR) is 93.3 cm³/mol. The number of nitrogens with zero attached hydrogens (tertiary/aromatic N) is 2. The van der Waals surface area contributed by atoms with Crippen LogP contribution < -0.4 is 4.72 Å². The van der Waals surface area contributed by atoms with Gasteiger partial charge in [0.25, 0.3) is 5.89 Å². The molecule has 0 atom stereocenters. The molecule has 0 saturated heterocycles. The molecular formula is C17H18F2N4O3S. The zero-order chi connectivity index (χ0) is 19.8. The van der Waals surface area contributed by atoms with Gasteiger partial charge in [0.15, 0.2) is 0 Å². The number of hydrogen-bond donors (Lipinski definition) is 2. The lowest BCUT2D eigenvalue weighted by atomic mass is 10.2. The second-order valence-electron chi connectivity index (χ2n) is 5.99. The highest BCUT2D eigenvalue weighted by atomic mass is 32.2. The fourth-order valence-electron chi connectivity index (χ4n) is 2.76. The van der Waals surface area contributed by atoms with Crippen molar-refractivity contribution in [3.63, 3.8) is 0 Å². The van der Waals surface area contributed by atoms with Gasteiger partial charge < -0.3 is 9.40 Å². The van der Waals surface area contributed by atoms with Gasteiger partial charge in [-0.05, 0) is 25.5 Å². The van der Waals surface area contributed by atoms with Crippen molar-refractivity contribution in [1.82, 2.24) is 19.9 Å². The van der Waals surface area contributed by atoms with Gasteiger partial charge >= 0.3 is 0 Å². The molecule has 0 spiro atoms. The Morgan fingerprint density at radius 3 is 2.59 bits per heavy atom. The molecule has 0 fully saturated rings. The van der Waals surface area contributed by atoms with E-state index in [0.29, 0.717) is 35.3 Å². The zero-order valence-electron chi connectivity index (χ0n) is 14.9. The van der Waals surface area contributed by atoms with Gasteiger partial charge in [-0.25, -0.2) is 21.9 Å². The second kappa shape index (κ2) is 7.20. The summed E-state index contributed by atoms with van der Waals surface area (Å²) in [6, 6.07) is 2.97. The predicted octanol–water partition coefficient (Wildman–Crippen LogP) is 3.00. The van der Waals surface area contributed by atoms with Gasteiger partial charge in [-0.3, -0.25) is 0 Å². The van der Waals surface area contributed by atoms with Gasteiger partial charge in [-0.2, -0.15) is 0 Å². The van der Waals surface area contributed by atoms with Crippen LogP contribution in [0, 0.1) is 25.5 Å². The van der Waals surface area contributed by atoms with Gasteiger partial charge in [0.05, 0.1) is 0 Å². The van der Waals surface area contributed by atoms with Crippen molar-refractivity contribution < 1.29 is 21.6 Å². The first-order chi connectivity index (χ1) is 12.7. The van der Waals surface area contributed by atoms with E-state index in [0.717, 1.165) is 6.07 Å². The molecule has 0 saturated carbocycles. The second-order valence-corrected chi connectivity index (χ2v) is 7.70. The minimum Gasteiger partial charge on any atom is -0.419 e. The monoisotopic (exact) mass is 396 g/mol. The molecule has 2 N–H and O–H groups in total. The number of hydrogen-bond acceptors (Lipinski definition) is 5. The lowest BCUT2D eigenvalue weighted by Crippen LogP contribution is -2.24. The highest BCUT2D eigenvalue weighted by Gasteiger charge is 2.26. The van der Waals surface area contributed by atoms with Gasteiger partial charge in [-0.15, -0.1) is 10.2 Å². The molecule has 3 aromatic rings. The quantitative estimate of drug-likeness (QED) is 0.667. The highest BCUT2D eigenvalue weighted by Crippen LogP contribution is 2.30. The topological polar surface area (TPSA) is 101 Å². The van der Waals surface area contributed by atoms with Crippen molar-refractivity contribution in [1.29, 1.82) is 0 Å². The molecule has 0 radical (unpaired) electrons. The Balaban J connectivity index is 1.90. The fraction of sp³-hybridized carbons (Fsp3) is 0.294. The highest BCUT2D eigenvalue weighted by molar-refractivity contribution is 7.89. The number of nitrogens with one attached hydrogen (secondary N) is 2. The van der Waals surface area contributed by atoms with Crippen LogP contribution in [-0.4, -0.2) is 23.6 Å². The Labute approximate surface area is 154 Å². The molecule has 0 amide bonds. The van der Waals surface area contributed by atoms with E-state index >= 15 is 0 Å². The number of H-pyrrole nitrogens is 1. The molecule has 10 heteroatoms. The number of aromatic amines is 1. The molecule has 3 rings (SSSR count). The largest absolute Gasteiger partial charge is 0.419 e. The first-order valence-electron chi connectivity index (χ1n) is 8.18. The molecule has 2 heterocycles. The third-order valence-electron chi connectivity index (χ3n) is 4.09. The molecular weight excluding hydrogens is 378 g/mol. The number of sulfonamides is 1. The maximum Gasteiger partial charge on any atom is 0.264 e. The van der Waals surface area contributed by atoms with Crippen LogP contribution in [0.15, 0.2) is 27.5 Å². The lowest BCUT2D eigenvalue weighted by Gasteiger charge is -2.08. The summed E-state index contributed by atoms with van der Waals surface area (Å²) in [5, 5.41) is 7.79. The Kier molecular flexibility index (Phi) is 5.11. The van der Waals surface area contributed by atoms with E-state index in [9.17, 15) is 17.2 Å².